The summed E-state index contributed by atoms with van der Waals surface area (Å²) in [6, 6.07) is 7.83. The monoisotopic (exact) mass is 377 g/mol. The largest absolute Gasteiger partial charge is 0.516 e. The van der Waals surface area contributed by atoms with Gasteiger partial charge < -0.3 is 4.74 Å². The van der Waals surface area contributed by atoms with E-state index < -0.39 is 27.5 Å². The molecule has 1 aliphatic rings. The second-order valence-electron chi connectivity index (χ2n) is 5.90. The summed E-state index contributed by atoms with van der Waals surface area (Å²) in [5, 5.41) is 0. The Labute approximate surface area is 144 Å². The van der Waals surface area contributed by atoms with Gasteiger partial charge in [0.15, 0.2) is 0 Å². The van der Waals surface area contributed by atoms with Gasteiger partial charge >= 0.3 is 21.5 Å². The van der Waals surface area contributed by atoms with Crippen molar-refractivity contribution in [1.29, 1.82) is 0 Å². The van der Waals surface area contributed by atoms with E-state index in [4.69, 9.17) is 4.74 Å². The fourth-order valence-electron chi connectivity index (χ4n) is 2.60. The van der Waals surface area contributed by atoms with Crippen molar-refractivity contribution in [3.05, 3.63) is 47.7 Å². The summed E-state index contributed by atoms with van der Waals surface area (Å²) < 4.78 is 67.5. The minimum atomic E-state index is -5.56. The highest BCUT2D eigenvalue weighted by atomic mass is 32.2. The third-order valence-corrected chi connectivity index (χ3v) is 5.74. The maximum atomic E-state index is 12.9. The van der Waals surface area contributed by atoms with E-state index in [1.807, 2.05) is 0 Å². The third-order valence-electron chi connectivity index (χ3n) is 4.07. The number of carbonyl (C=O) groups is 1. The molecule has 2 atom stereocenters. The zero-order valence-corrected chi connectivity index (χ0v) is 14.5. The lowest BCUT2D eigenvalue weighted by molar-refractivity contribution is -0.139. The number of hydrogen-bond donors (Lipinski definition) is 0. The molecule has 1 fully saturated rings. The molecule has 0 saturated carbocycles. The first kappa shape index (κ1) is 19.3. The van der Waals surface area contributed by atoms with E-state index in [2.05, 4.69) is 0 Å². The maximum absolute atomic E-state index is 12.9. The number of nitrogens with zero attached hydrogens (tertiary/aromatic N) is 1. The molecule has 0 N–H and O–H groups in total. The van der Waals surface area contributed by atoms with Crippen LogP contribution >= 0.6 is 0 Å². The van der Waals surface area contributed by atoms with Gasteiger partial charge in [0.2, 0.25) is 0 Å². The van der Waals surface area contributed by atoms with Crippen LogP contribution in [0.5, 0.6) is 0 Å². The first-order chi connectivity index (χ1) is 11.5. The Balaban J connectivity index is 2.20. The number of halogens is 3. The van der Waals surface area contributed by atoms with Crippen LogP contribution < -0.4 is 0 Å². The van der Waals surface area contributed by atoms with E-state index in [1.54, 1.807) is 37.3 Å². The highest BCUT2D eigenvalue weighted by molar-refractivity contribution is 7.90. The Morgan fingerprint density at radius 1 is 1.28 bits per heavy atom. The minimum absolute atomic E-state index is 0.0386. The highest BCUT2D eigenvalue weighted by Crippen LogP contribution is 2.40. The van der Waals surface area contributed by atoms with Crippen molar-refractivity contribution < 1.29 is 31.1 Å². The molecule has 0 spiro atoms. The molecule has 0 aliphatic carbocycles. The molecule has 1 heterocycles. The Hall–Kier alpha value is -2.03. The fourth-order valence-corrected chi connectivity index (χ4v) is 3.90. The summed E-state index contributed by atoms with van der Waals surface area (Å²) in [5.74, 6) is -1.24. The van der Waals surface area contributed by atoms with Gasteiger partial charge in [-0.25, -0.2) is 4.79 Å². The number of hydrogen-bond acceptors (Lipinski definition) is 4. The van der Waals surface area contributed by atoms with Crippen LogP contribution in [0.25, 0.3) is 0 Å². The second-order valence-corrected chi connectivity index (χ2v) is 7.70. The van der Waals surface area contributed by atoms with Gasteiger partial charge in [0.25, 0.3) is 0 Å². The van der Waals surface area contributed by atoms with Crippen LogP contribution in [0, 0.1) is 5.92 Å². The van der Waals surface area contributed by atoms with Gasteiger partial charge in [0, 0.05) is 17.8 Å². The number of rotatable bonds is 4. The average molecular weight is 377 g/mol. The number of ether oxygens (including phenoxy) is 1. The lowest BCUT2D eigenvalue weighted by atomic mass is 10.0. The molecule has 0 unspecified atom stereocenters. The zero-order chi connectivity index (χ0) is 18.8. The van der Waals surface area contributed by atoms with Gasteiger partial charge in [-0.15, -0.1) is 0 Å². The number of carbonyl (C=O) groups excluding carboxylic acids is 1. The summed E-state index contributed by atoms with van der Waals surface area (Å²) in [7, 11) is -5.56. The van der Waals surface area contributed by atoms with Crippen molar-refractivity contribution in [3.8, 4) is 0 Å². The van der Waals surface area contributed by atoms with E-state index >= 15 is 0 Å². The van der Waals surface area contributed by atoms with Crippen LogP contribution in [0.3, 0.4) is 0 Å². The minimum Gasteiger partial charge on any atom is -0.458 e. The number of allylic oxidation sites excluding steroid dienone is 1. The quantitative estimate of drug-likeness (QED) is 0.597. The van der Waals surface area contributed by atoms with Crippen LogP contribution in [-0.4, -0.2) is 30.2 Å². The van der Waals surface area contributed by atoms with Gasteiger partial charge in [-0.05, 0) is 24.8 Å². The topological polar surface area (TPSA) is 63.7 Å². The lowest BCUT2D eigenvalue weighted by Gasteiger charge is -2.26. The standard InChI is InChI=1S/C16H18F3NO4S/c1-11-8-14(20(12(11)2)25(22,23)16(17,18)19)9-15(21)24-10-13-6-4-3-5-7-13/h3-7,9,11-12H,8,10H2,1-2H3/b14-9+/t11-,12-/m1/s1. The predicted octanol–water partition coefficient (Wildman–Crippen LogP) is 3.19. The van der Waals surface area contributed by atoms with Crippen molar-refractivity contribution in [1.82, 2.24) is 4.31 Å². The zero-order valence-electron chi connectivity index (χ0n) is 13.7. The van der Waals surface area contributed by atoms with Crippen molar-refractivity contribution in [2.24, 2.45) is 5.92 Å². The van der Waals surface area contributed by atoms with Gasteiger partial charge in [-0.1, -0.05) is 37.3 Å². The molecule has 0 amide bonds. The summed E-state index contributed by atoms with van der Waals surface area (Å²) >= 11 is 0. The van der Waals surface area contributed by atoms with E-state index in [9.17, 15) is 26.4 Å². The summed E-state index contributed by atoms with van der Waals surface area (Å²) in [6.07, 6.45) is 0.864. The van der Waals surface area contributed by atoms with Gasteiger partial charge in [0.05, 0.1) is 0 Å². The van der Waals surface area contributed by atoms with Crippen LogP contribution in [0.4, 0.5) is 13.2 Å². The van der Waals surface area contributed by atoms with Crippen LogP contribution in [0.2, 0.25) is 0 Å². The average Bonchev–Trinajstić information content (AvgIpc) is 2.80. The van der Waals surface area contributed by atoms with Crippen molar-refractivity contribution >= 4 is 16.0 Å². The first-order valence-electron chi connectivity index (χ1n) is 7.56. The van der Waals surface area contributed by atoms with Crippen molar-refractivity contribution in [2.75, 3.05) is 0 Å². The van der Waals surface area contributed by atoms with Crippen LogP contribution in [0.1, 0.15) is 25.8 Å². The SMILES string of the molecule is C[C@@H]1C/C(=C\C(=O)OCc2ccccc2)N(S(=O)(=O)C(F)(F)F)[C@@H]1C. The van der Waals surface area contributed by atoms with Crippen molar-refractivity contribution in [3.63, 3.8) is 0 Å². The Morgan fingerprint density at radius 3 is 2.44 bits per heavy atom. The summed E-state index contributed by atoms with van der Waals surface area (Å²) in [6.45, 7) is 2.95. The molecule has 138 valence electrons. The van der Waals surface area contributed by atoms with Crippen molar-refractivity contribution in [2.45, 2.75) is 38.4 Å². The summed E-state index contributed by atoms with van der Waals surface area (Å²) in [5.41, 5.74) is -4.93. The van der Waals surface area contributed by atoms with E-state index in [-0.39, 0.29) is 28.9 Å². The van der Waals surface area contributed by atoms with E-state index in [0.717, 1.165) is 6.08 Å². The molecule has 5 nitrogen and oxygen atoms in total. The van der Waals surface area contributed by atoms with Gasteiger partial charge in [0.1, 0.15) is 6.61 Å². The Morgan fingerprint density at radius 2 is 1.88 bits per heavy atom. The Bertz CT molecular complexity index is 759. The first-order valence-corrected chi connectivity index (χ1v) is 9.00. The van der Waals surface area contributed by atoms with Gasteiger partial charge in [-0.2, -0.15) is 21.6 Å². The highest BCUT2D eigenvalue weighted by Gasteiger charge is 2.54. The summed E-state index contributed by atoms with van der Waals surface area (Å²) in [4.78, 5) is 11.9. The van der Waals surface area contributed by atoms with Crippen LogP contribution in [-0.2, 0) is 26.2 Å². The number of sulfonamides is 1. The van der Waals surface area contributed by atoms with Crippen LogP contribution in [0.15, 0.2) is 42.1 Å². The molecule has 1 aliphatic heterocycles. The molecule has 1 aromatic carbocycles. The molecule has 0 radical (unpaired) electrons. The molecular formula is C16H18F3NO4S. The molecule has 1 aromatic rings. The molecule has 1 saturated heterocycles. The molecule has 0 bridgehead atoms. The van der Waals surface area contributed by atoms with E-state index in [1.165, 1.54) is 6.92 Å². The normalized spacial score (nSPS) is 23.1. The molecule has 9 heteroatoms. The molecule has 0 aromatic heterocycles. The fraction of sp³-hybridized carbons (Fsp3) is 0.438. The number of benzene rings is 1. The van der Waals surface area contributed by atoms with Gasteiger partial charge in [-0.3, -0.25) is 4.31 Å². The Kier molecular flexibility index (Phi) is 5.46. The predicted molar refractivity (Wildman–Crippen MR) is 84.4 cm³/mol. The lowest BCUT2D eigenvalue weighted by Crippen LogP contribution is -2.42. The number of esters is 1. The second kappa shape index (κ2) is 7.07. The molecular weight excluding hydrogens is 359 g/mol. The smallest absolute Gasteiger partial charge is 0.458 e. The number of alkyl halides is 3. The molecule has 2 rings (SSSR count). The maximum Gasteiger partial charge on any atom is 0.516 e. The van der Waals surface area contributed by atoms with E-state index in [0.29, 0.717) is 5.56 Å². The molecule has 25 heavy (non-hydrogen) atoms. The third kappa shape index (κ3) is 4.15.